The van der Waals surface area contributed by atoms with E-state index in [9.17, 15) is 19.5 Å². The van der Waals surface area contributed by atoms with Crippen molar-refractivity contribution in [3.05, 3.63) is 39.8 Å². The van der Waals surface area contributed by atoms with Crippen LogP contribution in [0.25, 0.3) is 6.08 Å². The number of carboxylic acids is 1. The zero-order chi connectivity index (χ0) is 14.0. The van der Waals surface area contributed by atoms with Crippen molar-refractivity contribution >= 4 is 46.6 Å². The quantitative estimate of drug-likeness (QED) is 0.781. The molecule has 0 bridgehead atoms. The smallest absolute Gasteiger partial charge is 0.293 e. The first-order valence-corrected chi connectivity index (χ1v) is 6.38. The number of hydrogen-bond acceptors (Lipinski definition) is 5. The van der Waals surface area contributed by atoms with E-state index in [0.29, 0.717) is 27.2 Å². The zero-order valence-corrected chi connectivity index (χ0v) is 11.0. The molecule has 7 heteroatoms. The van der Waals surface area contributed by atoms with Crippen molar-refractivity contribution in [2.75, 3.05) is 6.54 Å². The molecule has 2 rings (SSSR count). The Bertz CT molecular complexity index is 599. The summed E-state index contributed by atoms with van der Waals surface area (Å²) in [6.07, 6.45) is 1.46. The molecule has 0 N–H and O–H groups in total. The van der Waals surface area contributed by atoms with Gasteiger partial charge in [0, 0.05) is 5.02 Å². The molecular weight excluding hydrogens is 290 g/mol. The largest absolute Gasteiger partial charge is 0.548 e. The molecule has 0 radical (unpaired) electrons. The number of rotatable bonds is 3. The number of nitrogens with zero attached hydrogens (tertiary/aromatic N) is 1. The lowest BCUT2D eigenvalue weighted by Gasteiger charge is -2.12. The predicted molar refractivity (Wildman–Crippen MR) is 69.1 cm³/mol. The van der Waals surface area contributed by atoms with Gasteiger partial charge in [-0.25, -0.2) is 0 Å². The van der Waals surface area contributed by atoms with E-state index in [2.05, 4.69) is 0 Å². The normalized spacial score (nSPS) is 17.3. The standard InChI is InChI=1S/C12H8ClNO4S/c13-8-4-2-1-3-7(8)5-9-11(17)14(6-10(15)16)12(18)19-9/h1-5H,6H2,(H,15,16)/p-1/b9-5+. The Morgan fingerprint density at radius 2 is 2.05 bits per heavy atom. The maximum atomic E-state index is 11.8. The fourth-order valence-electron chi connectivity index (χ4n) is 1.50. The summed E-state index contributed by atoms with van der Waals surface area (Å²) < 4.78 is 0. The van der Waals surface area contributed by atoms with Gasteiger partial charge in [0.05, 0.1) is 17.4 Å². The monoisotopic (exact) mass is 296 g/mol. The van der Waals surface area contributed by atoms with Crippen molar-refractivity contribution in [2.45, 2.75) is 0 Å². The highest BCUT2D eigenvalue weighted by Crippen LogP contribution is 2.33. The summed E-state index contributed by atoms with van der Waals surface area (Å²) in [5.41, 5.74) is 0.586. The van der Waals surface area contributed by atoms with Gasteiger partial charge in [-0.2, -0.15) is 0 Å². The maximum absolute atomic E-state index is 11.8. The van der Waals surface area contributed by atoms with Gasteiger partial charge < -0.3 is 9.90 Å². The number of carboxylic acid groups (broad SMARTS) is 1. The lowest BCUT2D eigenvalue weighted by atomic mass is 10.2. The van der Waals surface area contributed by atoms with Crippen molar-refractivity contribution in [1.82, 2.24) is 4.90 Å². The number of carbonyl (C=O) groups excluding carboxylic acids is 3. The number of aliphatic carboxylic acids is 1. The van der Waals surface area contributed by atoms with Crippen molar-refractivity contribution in [1.29, 1.82) is 0 Å². The first-order valence-electron chi connectivity index (χ1n) is 5.19. The summed E-state index contributed by atoms with van der Waals surface area (Å²) in [6.45, 7) is -0.746. The van der Waals surface area contributed by atoms with Crippen LogP contribution in [0.4, 0.5) is 4.79 Å². The molecule has 2 amide bonds. The number of imide groups is 1. The van der Waals surface area contributed by atoms with Gasteiger partial charge in [0.2, 0.25) is 0 Å². The molecule has 1 aromatic carbocycles. The second-order valence-electron chi connectivity index (χ2n) is 3.66. The molecule has 19 heavy (non-hydrogen) atoms. The molecule has 5 nitrogen and oxygen atoms in total. The van der Waals surface area contributed by atoms with E-state index >= 15 is 0 Å². The Kier molecular flexibility index (Phi) is 3.92. The average molecular weight is 297 g/mol. The molecule has 0 aromatic heterocycles. The number of thioether (sulfide) groups is 1. The van der Waals surface area contributed by atoms with Crippen LogP contribution in [0.3, 0.4) is 0 Å². The van der Waals surface area contributed by atoms with Crippen LogP contribution in [0.15, 0.2) is 29.2 Å². The molecule has 1 aliphatic rings. The molecule has 1 aromatic rings. The van der Waals surface area contributed by atoms with Gasteiger partial charge in [-0.05, 0) is 29.5 Å². The molecule has 1 heterocycles. The fourth-order valence-corrected chi connectivity index (χ4v) is 2.52. The number of halogens is 1. The first-order chi connectivity index (χ1) is 8.99. The maximum Gasteiger partial charge on any atom is 0.293 e. The van der Waals surface area contributed by atoms with Crippen LogP contribution >= 0.6 is 23.4 Å². The number of benzene rings is 1. The minimum atomic E-state index is -1.48. The molecule has 0 unspecified atom stereocenters. The minimum absolute atomic E-state index is 0.138. The summed E-state index contributed by atoms with van der Waals surface area (Å²) in [4.78, 5) is 34.6. The highest BCUT2D eigenvalue weighted by molar-refractivity contribution is 8.18. The number of hydrogen-bond donors (Lipinski definition) is 0. The molecular formula is C12H7ClNO4S-. The van der Waals surface area contributed by atoms with Crippen LogP contribution < -0.4 is 5.11 Å². The summed E-state index contributed by atoms with van der Waals surface area (Å²) in [6, 6.07) is 6.82. The van der Waals surface area contributed by atoms with Crippen LogP contribution in [-0.2, 0) is 9.59 Å². The van der Waals surface area contributed by atoms with Crippen LogP contribution in [-0.4, -0.2) is 28.6 Å². The number of carbonyl (C=O) groups is 3. The van der Waals surface area contributed by atoms with Gasteiger partial charge in [0.1, 0.15) is 0 Å². The van der Waals surface area contributed by atoms with E-state index in [4.69, 9.17) is 11.6 Å². The topological polar surface area (TPSA) is 77.5 Å². The highest BCUT2D eigenvalue weighted by atomic mass is 35.5. The molecule has 1 fully saturated rings. The third-order valence-corrected chi connectivity index (χ3v) is 3.60. The lowest BCUT2D eigenvalue weighted by Crippen LogP contribution is -2.40. The highest BCUT2D eigenvalue weighted by Gasteiger charge is 2.34. The van der Waals surface area contributed by atoms with Crippen molar-refractivity contribution < 1.29 is 19.5 Å². The van der Waals surface area contributed by atoms with Gasteiger partial charge in [-0.15, -0.1) is 0 Å². The Balaban J connectivity index is 2.28. The third-order valence-electron chi connectivity index (χ3n) is 2.35. The van der Waals surface area contributed by atoms with Crippen molar-refractivity contribution in [3.8, 4) is 0 Å². The average Bonchev–Trinajstić information content (AvgIpc) is 2.60. The zero-order valence-electron chi connectivity index (χ0n) is 9.46. The summed E-state index contributed by atoms with van der Waals surface area (Å²) in [7, 11) is 0. The second kappa shape index (κ2) is 5.46. The Labute approximate surface area is 117 Å². The van der Waals surface area contributed by atoms with Crippen LogP contribution in [0.1, 0.15) is 5.56 Å². The second-order valence-corrected chi connectivity index (χ2v) is 5.06. The van der Waals surface area contributed by atoms with E-state index in [1.807, 2.05) is 0 Å². The number of amides is 2. The van der Waals surface area contributed by atoms with Crippen molar-refractivity contribution in [2.24, 2.45) is 0 Å². The van der Waals surface area contributed by atoms with Crippen molar-refractivity contribution in [3.63, 3.8) is 0 Å². The van der Waals surface area contributed by atoms with E-state index in [-0.39, 0.29) is 4.91 Å². The molecule has 0 atom stereocenters. The molecule has 0 saturated carbocycles. The van der Waals surface area contributed by atoms with E-state index in [1.54, 1.807) is 24.3 Å². The van der Waals surface area contributed by atoms with Gasteiger partial charge in [0.15, 0.2) is 0 Å². The summed E-state index contributed by atoms with van der Waals surface area (Å²) >= 11 is 6.62. The predicted octanol–water partition coefficient (Wildman–Crippen LogP) is 1.13. The van der Waals surface area contributed by atoms with Gasteiger partial charge >= 0.3 is 0 Å². The van der Waals surface area contributed by atoms with E-state index in [1.165, 1.54) is 6.08 Å². The summed E-state index contributed by atoms with van der Waals surface area (Å²) in [5.74, 6) is -2.14. The fraction of sp³-hybridized carbons (Fsp3) is 0.0833. The van der Waals surface area contributed by atoms with E-state index in [0.717, 1.165) is 0 Å². The third kappa shape index (κ3) is 2.97. The van der Waals surface area contributed by atoms with Crippen LogP contribution in [0.5, 0.6) is 0 Å². The molecule has 1 aliphatic heterocycles. The lowest BCUT2D eigenvalue weighted by molar-refractivity contribution is -0.305. The van der Waals surface area contributed by atoms with Gasteiger partial charge in [-0.3, -0.25) is 14.5 Å². The van der Waals surface area contributed by atoms with E-state index < -0.39 is 23.7 Å². The molecule has 0 aliphatic carbocycles. The van der Waals surface area contributed by atoms with Crippen LogP contribution in [0, 0.1) is 0 Å². The van der Waals surface area contributed by atoms with Crippen LogP contribution in [0.2, 0.25) is 5.02 Å². The minimum Gasteiger partial charge on any atom is -0.548 e. The molecule has 1 saturated heterocycles. The Morgan fingerprint density at radius 1 is 1.37 bits per heavy atom. The van der Waals surface area contributed by atoms with Gasteiger partial charge in [0.25, 0.3) is 11.1 Å². The van der Waals surface area contributed by atoms with Gasteiger partial charge in [-0.1, -0.05) is 29.8 Å². The summed E-state index contributed by atoms with van der Waals surface area (Å²) in [5, 5.41) is 10.3. The molecule has 98 valence electrons. The molecule has 0 spiro atoms. The Hall–Kier alpha value is -1.79. The Morgan fingerprint density at radius 3 is 2.68 bits per heavy atom. The SMILES string of the molecule is O=C([O-])CN1C(=O)S/C(=C/c2ccccc2Cl)C1=O. The first kappa shape index (κ1) is 13.6.